The molecule has 0 saturated carbocycles. The maximum atomic E-state index is 12.3. The Morgan fingerprint density at radius 3 is 2.61 bits per heavy atom. The van der Waals surface area contributed by atoms with Crippen molar-refractivity contribution in [3.63, 3.8) is 0 Å². The summed E-state index contributed by atoms with van der Waals surface area (Å²) in [6, 6.07) is 11.6. The average Bonchev–Trinajstić information content (AvgIpc) is 2.36. The zero-order valence-electron chi connectivity index (χ0n) is 10.2. The molecule has 1 aliphatic rings. The van der Waals surface area contributed by atoms with Crippen molar-refractivity contribution < 1.29 is 9.53 Å². The fourth-order valence-corrected chi connectivity index (χ4v) is 2.38. The fourth-order valence-electron chi connectivity index (χ4n) is 2.23. The van der Waals surface area contributed by atoms with E-state index in [0.717, 1.165) is 10.8 Å². The minimum absolute atomic E-state index is 0.0954. The second-order valence-electron chi connectivity index (χ2n) is 4.93. The zero-order chi connectivity index (χ0) is 12.9. The predicted molar refractivity (Wildman–Crippen MR) is 75.6 cm³/mol. The van der Waals surface area contributed by atoms with Gasteiger partial charge in [0.15, 0.2) is 0 Å². The van der Waals surface area contributed by atoms with Crippen LogP contribution in [0.2, 0.25) is 0 Å². The van der Waals surface area contributed by atoms with E-state index in [-0.39, 0.29) is 5.78 Å². The lowest BCUT2D eigenvalue weighted by Crippen LogP contribution is -2.45. The number of benzene rings is 2. The maximum absolute atomic E-state index is 12.3. The van der Waals surface area contributed by atoms with E-state index in [1.165, 1.54) is 0 Å². The first-order valence-corrected chi connectivity index (χ1v) is 6.21. The van der Waals surface area contributed by atoms with Crippen LogP contribution in [0.3, 0.4) is 0 Å². The topological polar surface area (TPSA) is 26.3 Å². The molecule has 0 bridgehead atoms. The van der Waals surface area contributed by atoms with Crippen LogP contribution in [0.25, 0.3) is 10.8 Å². The molecule has 0 fully saturated rings. The second kappa shape index (κ2) is 3.62. The Bertz CT molecular complexity index is 686. The third kappa shape index (κ3) is 1.47. The minimum Gasteiger partial charge on any atom is -0.481 e. The van der Waals surface area contributed by atoms with Gasteiger partial charge in [-0.15, -0.1) is 0 Å². The summed E-state index contributed by atoms with van der Waals surface area (Å²) in [4.78, 5) is 12.6. The Morgan fingerprint density at radius 2 is 1.83 bits per heavy atom. The Hall–Kier alpha value is -1.74. The van der Waals surface area contributed by atoms with Crippen molar-refractivity contribution in [3.8, 4) is 5.75 Å². The third-order valence-corrected chi connectivity index (χ3v) is 3.91. The molecule has 0 unspecified atom stereocenters. The first kappa shape index (κ1) is 11.4. The molecule has 1 heterocycles. The number of Topliss-reactive ketones (excluding diaryl/α,β-unsaturated/α-hetero) is 1. The van der Waals surface area contributed by atoms with Crippen LogP contribution in [0.15, 0.2) is 36.4 Å². The molecule has 0 aliphatic carbocycles. The SMILES string of the molecule is CC1(C)Oc2c(ccc3ccccc23)C(=O)C1=S. The Morgan fingerprint density at radius 1 is 1.11 bits per heavy atom. The molecule has 0 spiro atoms. The largest absolute Gasteiger partial charge is 0.481 e. The van der Waals surface area contributed by atoms with Crippen LogP contribution >= 0.6 is 12.2 Å². The van der Waals surface area contributed by atoms with Crippen LogP contribution in [0.5, 0.6) is 5.75 Å². The van der Waals surface area contributed by atoms with Crippen molar-refractivity contribution in [3.05, 3.63) is 42.0 Å². The molecular weight excluding hydrogens is 244 g/mol. The van der Waals surface area contributed by atoms with E-state index in [1.54, 1.807) is 6.07 Å². The van der Waals surface area contributed by atoms with Crippen molar-refractivity contribution in [1.29, 1.82) is 0 Å². The van der Waals surface area contributed by atoms with Gasteiger partial charge in [-0.2, -0.15) is 0 Å². The fraction of sp³-hybridized carbons (Fsp3) is 0.200. The van der Waals surface area contributed by atoms with Gasteiger partial charge in [-0.1, -0.05) is 42.5 Å². The minimum atomic E-state index is -0.719. The number of hydrogen-bond donors (Lipinski definition) is 0. The van der Waals surface area contributed by atoms with Crippen molar-refractivity contribution in [2.45, 2.75) is 19.4 Å². The van der Waals surface area contributed by atoms with Gasteiger partial charge in [0.25, 0.3) is 0 Å². The van der Waals surface area contributed by atoms with E-state index in [2.05, 4.69) is 0 Å². The Kier molecular flexibility index (Phi) is 2.29. The molecule has 3 heteroatoms. The first-order valence-electron chi connectivity index (χ1n) is 5.80. The normalized spacial score (nSPS) is 17.4. The number of rotatable bonds is 0. The van der Waals surface area contributed by atoms with E-state index < -0.39 is 5.60 Å². The highest BCUT2D eigenvalue weighted by Gasteiger charge is 2.38. The molecule has 0 N–H and O–H groups in total. The van der Waals surface area contributed by atoms with Crippen LogP contribution in [0.1, 0.15) is 24.2 Å². The molecule has 0 aromatic heterocycles. The molecule has 90 valence electrons. The summed E-state index contributed by atoms with van der Waals surface area (Å²) in [6.45, 7) is 3.66. The number of hydrogen-bond acceptors (Lipinski definition) is 3. The lowest BCUT2D eigenvalue weighted by molar-refractivity contribution is 0.0994. The standard InChI is InChI=1S/C15H12O2S/c1-15(2)14(18)12(16)11-8-7-9-5-3-4-6-10(9)13(11)17-15/h3-8H,1-2H3. The molecule has 0 radical (unpaired) electrons. The Labute approximate surface area is 111 Å². The smallest absolute Gasteiger partial charge is 0.207 e. The van der Waals surface area contributed by atoms with E-state index in [0.29, 0.717) is 16.2 Å². The van der Waals surface area contributed by atoms with Gasteiger partial charge in [0.2, 0.25) is 5.78 Å². The van der Waals surface area contributed by atoms with Crippen LogP contribution in [0.4, 0.5) is 0 Å². The number of thiocarbonyl (C=S) groups is 1. The number of carbonyl (C=O) groups excluding carboxylic acids is 1. The second-order valence-corrected chi connectivity index (χ2v) is 5.34. The van der Waals surface area contributed by atoms with Gasteiger partial charge in [0, 0.05) is 5.39 Å². The molecule has 1 aliphatic heterocycles. The molecule has 2 aromatic carbocycles. The maximum Gasteiger partial charge on any atom is 0.207 e. The molecule has 3 rings (SSSR count). The van der Waals surface area contributed by atoms with Crippen LogP contribution in [0, 0.1) is 0 Å². The molecule has 2 nitrogen and oxygen atoms in total. The monoisotopic (exact) mass is 256 g/mol. The highest BCUT2D eigenvalue weighted by molar-refractivity contribution is 7.82. The van der Waals surface area contributed by atoms with Gasteiger partial charge in [0.1, 0.15) is 16.2 Å². The summed E-state index contributed by atoms with van der Waals surface area (Å²) in [5, 5.41) is 2.02. The molecule has 0 saturated heterocycles. The van der Waals surface area contributed by atoms with Crippen molar-refractivity contribution in [2.75, 3.05) is 0 Å². The number of carbonyl (C=O) groups is 1. The summed E-state index contributed by atoms with van der Waals surface area (Å²) in [6.07, 6.45) is 0. The van der Waals surface area contributed by atoms with Gasteiger partial charge < -0.3 is 4.74 Å². The highest BCUT2D eigenvalue weighted by atomic mass is 32.1. The Balaban J connectivity index is 2.36. The van der Waals surface area contributed by atoms with Crippen LogP contribution < -0.4 is 4.74 Å². The number of ether oxygens (including phenoxy) is 1. The lowest BCUT2D eigenvalue weighted by Gasteiger charge is -2.32. The summed E-state index contributed by atoms with van der Waals surface area (Å²) < 4.78 is 5.95. The van der Waals surface area contributed by atoms with Gasteiger partial charge in [-0.05, 0) is 25.3 Å². The van der Waals surface area contributed by atoms with E-state index in [9.17, 15) is 4.79 Å². The molecular formula is C15H12O2S. The van der Waals surface area contributed by atoms with E-state index >= 15 is 0 Å². The zero-order valence-corrected chi connectivity index (χ0v) is 11.0. The lowest BCUT2D eigenvalue weighted by atomic mass is 9.91. The average molecular weight is 256 g/mol. The molecule has 0 atom stereocenters. The van der Waals surface area contributed by atoms with Gasteiger partial charge in [0.05, 0.1) is 5.56 Å². The van der Waals surface area contributed by atoms with E-state index in [4.69, 9.17) is 17.0 Å². The third-order valence-electron chi connectivity index (χ3n) is 3.23. The number of fused-ring (bicyclic) bond motifs is 3. The van der Waals surface area contributed by atoms with Crippen LogP contribution in [-0.4, -0.2) is 16.2 Å². The predicted octanol–water partition coefficient (Wildman–Crippen LogP) is 3.56. The highest BCUT2D eigenvalue weighted by Crippen LogP contribution is 2.37. The van der Waals surface area contributed by atoms with Crippen LogP contribution in [-0.2, 0) is 0 Å². The quantitative estimate of drug-likeness (QED) is 0.674. The molecule has 2 aromatic rings. The van der Waals surface area contributed by atoms with Gasteiger partial charge >= 0.3 is 0 Å². The van der Waals surface area contributed by atoms with Gasteiger partial charge in [-0.25, -0.2) is 0 Å². The van der Waals surface area contributed by atoms with E-state index in [1.807, 2.05) is 44.2 Å². The summed E-state index contributed by atoms with van der Waals surface area (Å²) >= 11 is 5.19. The van der Waals surface area contributed by atoms with Gasteiger partial charge in [-0.3, -0.25) is 4.79 Å². The van der Waals surface area contributed by atoms with Crippen molar-refractivity contribution in [1.82, 2.24) is 0 Å². The first-order chi connectivity index (χ1) is 8.50. The number of ketones is 1. The summed E-state index contributed by atoms with van der Waals surface area (Å²) in [5.74, 6) is 0.554. The van der Waals surface area contributed by atoms with Crippen molar-refractivity contribution in [2.24, 2.45) is 0 Å². The summed E-state index contributed by atoms with van der Waals surface area (Å²) in [5.41, 5.74) is -0.151. The summed E-state index contributed by atoms with van der Waals surface area (Å²) in [7, 11) is 0. The molecule has 18 heavy (non-hydrogen) atoms. The molecule has 0 amide bonds. The van der Waals surface area contributed by atoms with Crippen molar-refractivity contribution >= 4 is 33.6 Å².